The Morgan fingerprint density at radius 2 is 2.04 bits per heavy atom. The molecule has 0 aliphatic carbocycles. The highest BCUT2D eigenvalue weighted by Gasteiger charge is 2.34. The quantitative estimate of drug-likeness (QED) is 0.913. The van der Waals surface area contributed by atoms with E-state index in [-0.39, 0.29) is 11.9 Å². The van der Waals surface area contributed by atoms with E-state index >= 15 is 0 Å². The Hall–Kier alpha value is -1.66. The van der Waals surface area contributed by atoms with Crippen LogP contribution in [0.15, 0.2) is 18.3 Å². The van der Waals surface area contributed by atoms with Crippen LogP contribution in [0.1, 0.15) is 29.8 Å². The molecule has 23 heavy (non-hydrogen) atoms. The summed E-state index contributed by atoms with van der Waals surface area (Å²) in [5.74, 6) is 1.39. The molecule has 1 aromatic rings. The molecule has 1 N–H and O–H groups in total. The lowest BCUT2D eigenvalue weighted by Crippen LogP contribution is -2.49. The van der Waals surface area contributed by atoms with Crippen molar-refractivity contribution in [2.24, 2.45) is 11.8 Å². The molecule has 0 radical (unpaired) electrons. The summed E-state index contributed by atoms with van der Waals surface area (Å²) in [7, 11) is 1.58. The molecule has 0 unspecified atom stereocenters. The van der Waals surface area contributed by atoms with E-state index in [4.69, 9.17) is 14.2 Å². The fourth-order valence-electron chi connectivity index (χ4n) is 3.45. The van der Waals surface area contributed by atoms with Crippen LogP contribution in [0.3, 0.4) is 0 Å². The molecular formula is C17H24N2O4. The second kappa shape index (κ2) is 7.75. The van der Waals surface area contributed by atoms with Crippen molar-refractivity contribution in [2.45, 2.75) is 25.3 Å². The number of hydrogen-bond donors (Lipinski definition) is 1. The Labute approximate surface area is 136 Å². The number of pyridine rings is 1. The number of carbonyl (C=O) groups excluding carboxylic acids is 1. The third-order valence-corrected chi connectivity index (χ3v) is 4.79. The van der Waals surface area contributed by atoms with Gasteiger partial charge in [-0.25, -0.2) is 0 Å². The molecule has 0 bridgehead atoms. The minimum atomic E-state index is -0.146. The predicted octanol–water partition coefficient (Wildman–Crippen LogP) is 1.65. The lowest BCUT2D eigenvalue weighted by Gasteiger charge is -2.38. The smallest absolute Gasteiger partial charge is 0.270 e. The zero-order valence-electron chi connectivity index (χ0n) is 13.5. The van der Waals surface area contributed by atoms with Gasteiger partial charge in [-0.15, -0.1) is 0 Å². The first-order valence-electron chi connectivity index (χ1n) is 8.24. The molecule has 2 atom stereocenters. The maximum absolute atomic E-state index is 12.5. The fraction of sp³-hybridized carbons (Fsp3) is 0.647. The normalized spacial score (nSPS) is 25.8. The van der Waals surface area contributed by atoms with Crippen LogP contribution < -0.4 is 10.1 Å². The Bertz CT molecular complexity index is 531. The molecular weight excluding hydrogens is 296 g/mol. The lowest BCUT2D eigenvalue weighted by atomic mass is 9.79. The molecule has 2 saturated heterocycles. The van der Waals surface area contributed by atoms with Crippen molar-refractivity contribution in [3.8, 4) is 5.75 Å². The third-order valence-electron chi connectivity index (χ3n) is 4.79. The molecule has 0 saturated carbocycles. The maximum atomic E-state index is 12.5. The summed E-state index contributed by atoms with van der Waals surface area (Å²) in [6, 6.07) is 3.53. The van der Waals surface area contributed by atoms with Gasteiger partial charge in [-0.2, -0.15) is 0 Å². The maximum Gasteiger partial charge on any atom is 0.270 e. The van der Waals surface area contributed by atoms with E-state index in [1.165, 1.54) is 0 Å². The molecule has 1 aromatic heterocycles. The minimum Gasteiger partial charge on any atom is -0.497 e. The van der Waals surface area contributed by atoms with Crippen molar-refractivity contribution in [1.29, 1.82) is 0 Å². The van der Waals surface area contributed by atoms with Gasteiger partial charge in [0, 0.05) is 44.0 Å². The Kier molecular flexibility index (Phi) is 5.46. The van der Waals surface area contributed by atoms with Crippen LogP contribution in [-0.2, 0) is 9.47 Å². The van der Waals surface area contributed by atoms with Gasteiger partial charge in [-0.3, -0.25) is 9.78 Å². The van der Waals surface area contributed by atoms with Gasteiger partial charge in [0.2, 0.25) is 0 Å². The molecule has 3 heterocycles. The number of carbonyl (C=O) groups is 1. The highest BCUT2D eigenvalue weighted by Crippen LogP contribution is 2.30. The van der Waals surface area contributed by atoms with Crippen LogP contribution in [0.4, 0.5) is 0 Å². The molecule has 0 spiro atoms. The first kappa shape index (κ1) is 16.2. The van der Waals surface area contributed by atoms with Crippen molar-refractivity contribution < 1.29 is 19.0 Å². The lowest BCUT2D eigenvalue weighted by molar-refractivity contribution is -0.0259. The van der Waals surface area contributed by atoms with Crippen LogP contribution >= 0.6 is 0 Å². The van der Waals surface area contributed by atoms with E-state index in [0.29, 0.717) is 36.5 Å². The van der Waals surface area contributed by atoms with Gasteiger partial charge in [-0.1, -0.05) is 0 Å². The number of hydrogen-bond acceptors (Lipinski definition) is 5. The van der Waals surface area contributed by atoms with Crippen LogP contribution in [0.25, 0.3) is 0 Å². The Balaban J connectivity index is 1.67. The van der Waals surface area contributed by atoms with Gasteiger partial charge in [-0.05, 0) is 31.2 Å². The van der Waals surface area contributed by atoms with E-state index in [1.807, 2.05) is 0 Å². The zero-order valence-corrected chi connectivity index (χ0v) is 13.5. The monoisotopic (exact) mass is 320 g/mol. The Morgan fingerprint density at radius 1 is 1.26 bits per heavy atom. The number of methoxy groups -OCH3 is 1. The van der Waals surface area contributed by atoms with Crippen LogP contribution in [-0.4, -0.2) is 50.5 Å². The van der Waals surface area contributed by atoms with Crippen molar-refractivity contribution in [1.82, 2.24) is 10.3 Å². The summed E-state index contributed by atoms with van der Waals surface area (Å²) in [6.07, 6.45) is 4.51. The number of ether oxygens (including phenoxy) is 3. The van der Waals surface area contributed by atoms with Gasteiger partial charge in [0.15, 0.2) is 0 Å². The predicted molar refractivity (Wildman–Crippen MR) is 84.5 cm³/mol. The largest absolute Gasteiger partial charge is 0.497 e. The highest BCUT2D eigenvalue weighted by atomic mass is 16.5. The van der Waals surface area contributed by atoms with Gasteiger partial charge in [0.1, 0.15) is 11.4 Å². The average Bonchev–Trinajstić information content (AvgIpc) is 2.63. The third kappa shape index (κ3) is 4.00. The highest BCUT2D eigenvalue weighted by molar-refractivity contribution is 5.92. The van der Waals surface area contributed by atoms with Gasteiger partial charge in [0.05, 0.1) is 13.7 Å². The summed E-state index contributed by atoms with van der Waals surface area (Å²) in [5.41, 5.74) is 0.390. The number of rotatable bonds is 4. The van der Waals surface area contributed by atoms with E-state index in [1.54, 1.807) is 25.4 Å². The molecule has 2 aliphatic rings. The minimum absolute atomic E-state index is 0.132. The summed E-state index contributed by atoms with van der Waals surface area (Å²) in [5, 5.41) is 3.16. The summed E-state index contributed by atoms with van der Waals surface area (Å²) in [4.78, 5) is 16.7. The summed E-state index contributed by atoms with van der Waals surface area (Å²) in [6.45, 7) is 3.01. The van der Waals surface area contributed by atoms with Crippen LogP contribution in [0.2, 0.25) is 0 Å². The molecule has 2 aliphatic heterocycles. The van der Waals surface area contributed by atoms with Crippen molar-refractivity contribution in [3.63, 3.8) is 0 Å². The molecule has 2 fully saturated rings. The van der Waals surface area contributed by atoms with E-state index in [9.17, 15) is 4.79 Å². The number of aromatic nitrogens is 1. The molecule has 6 heteroatoms. The van der Waals surface area contributed by atoms with Crippen molar-refractivity contribution in [2.75, 3.05) is 33.5 Å². The second-order valence-corrected chi connectivity index (χ2v) is 6.14. The molecule has 126 valence electrons. The average molecular weight is 320 g/mol. The number of amides is 1. The zero-order chi connectivity index (χ0) is 16.1. The molecule has 1 amide bonds. The second-order valence-electron chi connectivity index (χ2n) is 6.14. The first-order chi connectivity index (χ1) is 11.3. The van der Waals surface area contributed by atoms with E-state index in [2.05, 4.69) is 10.3 Å². The molecule has 6 nitrogen and oxygen atoms in total. The van der Waals surface area contributed by atoms with E-state index < -0.39 is 0 Å². The molecule has 0 aromatic carbocycles. The van der Waals surface area contributed by atoms with Crippen LogP contribution in [0, 0.1) is 11.8 Å². The van der Waals surface area contributed by atoms with Crippen molar-refractivity contribution >= 4 is 5.91 Å². The van der Waals surface area contributed by atoms with E-state index in [0.717, 1.165) is 32.5 Å². The first-order valence-corrected chi connectivity index (χ1v) is 8.24. The van der Waals surface area contributed by atoms with Gasteiger partial charge < -0.3 is 19.5 Å². The summed E-state index contributed by atoms with van der Waals surface area (Å²) < 4.78 is 16.3. The van der Waals surface area contributed by atoms with Gasteiger partial charge in [0.25, 0.3) is 5.91 Å². The standard InChI is InChI=1S/C17H24N2O4/c1-21-13-2-6-18-16(10-13)17(20)19-15-5-9-23-11-14(15)12-3-7-22-8-4-12/h2,6,10,12,14-15H,3-5,7-9,11H2,1H3,(H,19,20)/t14-,15-/m0/s1. The SMILES string of the molecule is COc1ccnc(C(=O)N[C@H]2CCOC[C@H]2C2CCOCC2)c1. The summed E-state index contributed by atoms with van der Waals surface area (Å²) >= 11 is 0. The Morgan fingerprint density at radius 3 is 2.83 bits per heavy atom. The topological polar surface area (TPSA) is 69.7 Å². The number of nitrogens with one attached hydrogen (secondary N) is 1. The molecule has 3 rings (SSSR count). The fourth-order valence-corrected chi connectivity index (χ4v) is 3.45. The number of nitrogens with zero attached hydrogens (tertiary/aromatic N) is 1. The van der Waals surface area contributed by atoms with Crippen molar-refractivity contribution in [3.05, 3.63) is 24.0 Å². The van der Waals surface area contributed by atoms with Crippen LogP contribution in [0.5, 0.6) is 5.75 Å². The van der Waals surface area contributed by atoms with Gasteiger partial charge >= 0.3 is 0 Å².